The van der Waals surface area contributed by atoms with Crippen LogP contribution >= 0.6 is 0 Å². The highest BCUT2D eigenvalue weighted by Crippen LogP contribution is 2.12. The highest BCUT2D eigenvalue weighted by atomic mass is 16.6. The van der Waals surface area contributed by atoms with E-state index in [2.05, 4.69) is 15.0 Å². The van der Waals surface area contributed by atoms with Crippen molar-refractivity contribution in [3.05, 3.63) is 40.4 Å². The Morgan fingerprint density at radius 1 is 1.44 bits per heavy atom. The van der Waals surface area contributed by atoms with Crippen molar-refractivity contribution in [1.29, 1.82) is 0 Å². The molecule has 1 aromatic carbocycles. The summed E-state index contributed by atoms with van der Waals surface area (Å²) in [6, 6.07) is 8.58. The molecule has 7 heteroatoms. The van der Waals surface area contributed by atoms with E-state index in [1.807, 2.05) is 0 Å². The summed E-state index contributed by atoms with van der Waals surface area (Å²) in [5.41, 5.74) is 0.494. The van der Waals surface area contributed by atoms with Crippen LogP contribution in [0.15, 0.2) is 40.6 Å². The molecule has 0 aromatic heterocycles. The molecule has 0 amide bonds. The fourth-order valence-electron chi connectivity index (χ4n) is 1.15. The minimum atomic E-state index is -1.41. The van der Waals surface area contributed by atoms with Crippen LogP contribution in [0.5, 0.6) is 0 Å². The molecule has 0 fully saturated rings. The lowest BCUT2D eigenvalue weighted by Crippen LogP contribution is -2.21. The maximum absolute atomic E-state index is 11.1. The summed E-state index contributed by atoms with van der Waals surface area (Å²) in [7, 11) is 0. The Labute approximate surface area is 104 Å². The van der Waals surface area contributed by atoms with Gasteiger partial charge in [-0.2, -0.15) is 0 Å². The third-order valence-electron chi connectivity index (χ3n) is 1.96. The van der Waals surface area contributed by atoms with E-state index >= 15 is 0 Å². The van der Waals surface area contributed by atoms with Gasteiger partial charge in [0, 0.05) is 4.92 Å². The van der Waals surface area contributed by atoms with E-state index in [1.54, 1.807) is 37.3 Å². The average molecular weight is 251 g/mol. The Balaban J connectivity index is 2.66. The molecule has 1 aromatic rings. The lowest BCUT2D eigenvalue weighted by Gasteiger charge is -2.03. The maximum atomic E-state index is 11.1. The number of hydrogen-bond acceptors (Lipinski definition) is 6. The second-order valence-electron chi connectivity index (χ2n) is 3.33. The lowest BCUT2D eigenvalue weighted by atomic mass is 10.3. The van der Waals surface area contributed by atoms with E-state index in [-0.39, 0.29) is 6.61 Å². The number of ether oxygens (including phenoxy) is 1. The predicted octanol–water partition coefficient (Wildman–Crippen LogP) is 2.33. The van der Waals surface area contributed by atoms with Gasteiger partial charge in [-0.3, -0.25) is 14.9 Å². The molecule has 1 rings (SSSR count). The molecule has 0 spiro atoms. The molecule has 0 N–H and O–H groups in total. The zero-order valence-electron chi connectivity index (χ0n) is 9.85. The summed E-state index contributed by atoms with van der Waals surface area (Å²) in [6.07, 6.45) is -1.83. The van der Waals surface area contributed by atoms with Gasteiger partial charge in [-0.25, -0.2) is 0 Å². The largest absolute Gasteiger partial charge is 0.466 e. The topological polar surface area (TPSA) is 94.2 Å². The van der Waals surface area contributed by atoms with Crippen molar-refractivity contribution in [2.24, 2.45) is 10.2 Å². The summed E-state index contributed by atoms with van der Waals surface area (Å²) in [4.78, 5) is 21.2. The molecule has 0 aliphatic carbocycles. The van der Waals surface area contributed by atoms with Crippen molar-refractivity contribution in [3.8, 4) is 0 Å². The van der Waals surface area contributed by atoms with Gasteiger partial charge in [-0.1, -0.05) is 18.2 Å². The van der Waals surface area contributed by atoms with E-state index in [0.29, 0.717) is 5.69 Å². The number of carbonyl (C=O) groups is 1. The first-order valence-corrected chi connectivity index (χ1v) is 5.38. The van der Waals surface area contributed by atoms with Crippen LogP contribution in [-0.2, 0) is 9.53 Å². The fraction of sp³-hybridized carbons (Fsp3) is 0.364. The van der Waals surface area contributed by atoms with Crippen LogP contribution < -0.4 is 0 Å². The van der Waals surface area contributed by atoms with Crippen LogP contribution in [0.4, 0.5) is 5.69 Å². The summed E-state index contributed by atoms with van der Waals surface area (Å²) < 4.78 is 4.63. The second-order valence-corrected chi connectivity index (χ2v) is 3.33. The molecule has 7 nitrogen and oxygen atoms in total. The first-order chi connectivity index (χ1) is 8.63. The molecule has 1 atom stereocenters. The molecule has 0 bridgehead atoms. The van der Waals surface area contributed by atoms with Crippen LogP contribution in [0, 0.1) is 10.1 Å². The molecule has 0 saturated heterocycles. The van der Waals surface area contributed by atoms with Gasteiger partial charge >= 0.3 is 12.1 Å². The Morgan fingerprint density at radius 3 is 2.67 bits per heavy atom. The van der Waals surface area contributed by atoms with Crippen molar-refractivity contribution < 1.29 is 14.5 Å². The highest BCUT2D eigenvalue weighted by Gasteiger charge is 2.24. The van der Waals surface area contributed by atoms with Gasteiger partial charge < -0.3 is 4.74 Å². The number of azo groups is 1. The van der Waals surface area contributed by atoms with E-state index < -0.39 is 23.5 Å². The predicted molar refractivity (Wildman–Crippen MR) is 63.0 cm³/mol. The number of hydrogen-bond donors (Lipinski definition) is 0. The molecular formula is C11H13N3O4. The molecular weight excluding hydrogens is 238 g/mol. The smallest absolute Gasteiger partial charge is 0.331 e. The van der Waals surface area contributed by atoms with Gasteiger partial charge in [-0.05, 0) is 19.1 Å². The Morgan fingerprint density at radius 2 is 2.11 bits per heavy atom. The van der Waals surface area contributed by atoms with E-state index in [9.17, 15) is 14.9 Å². The molecule has 0 aliphatic heterocycles. The third kappa shape index (κ3) is 4.69. The number of nitro groups is 1. The average Bonchev–Trinajstić information content (AvgIpc) is 2.35. The summed E-state index contributed by atoms with van der Waals surface area (Å²) in [5, 5.41) is 18.0. The molecule has 18 heavy (non-hydrogen) atoms. The quantitative estimate of drug-likeness (QED) is 0.335. The van der Waals surface area contributed by atoms with Gasteiger partial charge in [0.15, 0.2) is 0 Å². The summed E-state index contributed by atoms with van der Waals surface area (Å²) >= 11 is 0. The van der Waals surface area contributed by atoms with Crippen molar-refractivity contribution >= 4 is 11.7 Å². The third-order valence-corrected chi connectivity index (χ3v) is 1.96. The van der Waals surface area contributed by atoms with Gasteiger partial charge in [0.25, 0.3) is 0 Å². The molecule has 0 heterocycles. The number of benzene rings is 1. The number of rotatable bonds is 6. The zero-order chi connectivity index (χ0) is 13.4. The lowest BCUT2D eigenvalue weighted by molar-refractivity contribution is -0.520. The van der Waals surface area contributed by atoms with E-state index in [4.69, 9.17) is 0 Å². The van der Waals surface area contributed by atoms with Gasteiger partial charge in [0.2, 0.25) is 0 Å². The number of esters is 1. The standard InChI is InChI=1S/C11H13N3O4/c1-2-18-11(15)8-10(14(16)17)13-12-9-6-4-3-5-7-9/h3-7,10H,2,8H2,1H3. The van der Waals surface area contributed by atoms with Gasteiger partial charge in [0.05, 0.1) is 12.3 Å². The van der Waals surface area contributed by atoms with Crippen molar-refractivity contribution in [1.82, 2.24) is 0 Å². The minimum absolute atomic E-state index is 0.180. The molecule has 0 aliphatic rings. The van der Waals surface area contributed by atoms with Crippen molar-refractivity contribution in [2.45, 2.75) is 19.5 Å². The minimum Gasteiger partial charge on any atom is -0.466 e. The van der Waals surface area contributed by atoms with Crippen LogP contribution in [0.2, 0.25) is 0 Å². The van der Waals surface area contributed by atoms with Gasteiger partial charge in [-0.15, -0.1) is 10.2 Å². The van der Waals surface area contributed by atoms with Crippen molar-refractivity contribution in [2.75, 3.05) is 6.61 Å². The molecule has 0 radical (unpaired) electrons. The number of nitrogens with zero attached hydrogens (tertiary/aromatic N) is 3. The molecule has 96 valence electrons. The van der Waals surface area contributed by atoms with Crippen LogP contribution in [-0.4, -0.2) is 23.7 Å². The van der Waals surface area contributed by atoms with Gasteiger partial charge in [0.1, 0.15) is 6.42 Å². The first kappa shape index (κ1) is 13.8. The Hall–Kier alpha value is -2.31. The van der Waals surface area contributed by atoms with Crippen molar-refractivity contribution in [3.63, 3.8) is 0 Å². The van der Waals surface area contributed by atoms with E-state index in [0.717, 1.165) is 0 Å². The SMILES string of the molecule is CCOC(=O)CC(N=Nc1ccccc1)[N+](=O)[O-]. The molecule has 1 unspecified atom stereocenters. The zero-order valence-corrected chi connectivity index (χ0v) is 9.85. The van der Waals surface area contributed by atoms with Crippen LogP contribution in [0.3, 0.4) is 0 Å². The Bertz CT molecular complexity index is 433. The monoisotopic (exact) mass is 251 g/mol. The highest BCUT2D eigenvalue weighted by molar-refractivity contribution is 5.69. The molecule has 0 saturated carbocycles. The number of carbonyl (C=O) groups excluding carboxylic acids is 1. The van der Waals surface area contributed by atoms with Crippen LogP contribution in [0.25, 0.3) is 0 Å². The van der Waals surface area contributed by atoms with Crippen LogP contribution in [0.1, 0.15) is 13.3 Å². The summed E-state index contributed by atoms with van der Waals surface area (Å²) in [5.74, 6) is -0.661. The maximum Gasteiger partial charge on any atom is 0.331 e. The Kier molecular flexibility index (Phi) is 5.43. The second kappa shape index (κ2) is 7.10. The fourth-order valence-corrected chi connectivity index (χ4v) is 1.15. The normalized spacial score (nSPS) is 12.3. The first-order valence-electron chi connectivity index (χ1n) is 5.38. The van der Waals surface area contributed by atoms with E-state index in [1.165, 1.54) is 0 Å². The summed E-state index contributed by atoms with van der Waals surface area (Å²) in [6.45, 7) is 1.81.